The molecular formula is C9H16N2O3. The summed E-state index contributed by atoms with van der Waals surface area (Å²) < 4.78 is 0. The van der Waals surface area contributed by atoms with Crippen LogP contribution in [0.4, 0.5) is 0 Å². The molecule has 0 aromatic heterocycles. The Kier molecular flexibility index (Phi) is 3.46. The van der Waals surface area contributed by atoms with E-state index in [9.17, 15) is 9.59 Å². The summed E-state index contributed by atoms with van der Waals surface area (Å²) in [4.78, 5) is 23.6. The molecule has 0 spiro atoms. The predicted molar refractivity (Wildman–Crippen MR) is 50.8 cm³/mol. The molecule has 1 saturated heterocycles. The second kappa shape index (κ2) is 4.41. The molecule has 5 heteroatoms. The Morgan fingerprint density at radius 3 is 2.93 bits per heavy atom. The molecular weight excluding hydrogens is 184 g/mol. The Morgan fingerprint density at radius 2 is 2.43 bits per heavy atom. The summed E-state index contributed by atoms with van der Waals surface area (Å²) in [7, 11) is 0. The van der Waals surface area contributed by atoms with Crippen molar-refractivity contribution in [1.82, 2.24) is 10.2 Å². The monoisotopic (exact) mass is 200 g/mol. The van der Waals surface area contributed by atoms with Gasteiger partial charge < -0.3 is 10.4 Å². The van der Waals surface area contributed by atoms with E-state index < -0.39 is 11.9 Å². The second-order valence-corrected chi connectivity index (χ2v) is 3.90. The van der Waals surface area contributed by atoms with Crippen LogP contribution in [0, 0.1) is 5.92 Å². The highest BCUT2D eigenvalue weighted by Gasteiger charge is 2.24. The van der Waals surface area contributed by atoms with Gasteiger partial charge in [0.25, 0.3) is 0 Å². The van der Waals surface area contributed by atoms with Crippen molar-refractivity contribution in [3.05, 3.63) is 0 Å². The van der Waals surface area contributed by atoms with Crippen LogP contribution in [-0.2, 0) is 9.59 Å². The number of hydrogen-bond donors (Lipinski definition) is 2. The smallest absolute Gasteiger partial charge is 0.307 e. The van der Waals surface area contributed by atoms with Crippen LogP contribution in [0.5, 0.6) is 0 Å². The summed E-state index contributed by atoms with van der Waals surface area (Å²) in [5, 5.41) is 11.5. The highest BCUT2D eigenvalue weighted by Crippen LogP contribution is 2.04. The Morgan fingerprint density at radius 1 is 1.79 bits per heavy atom. The molecule has 0 aromatic carbocycles. The third-order valence-corrected chi connectivity index (χ3v) is 2.26. The van der Waals surface area contributed by atoms with Crippen LogP contribution in [0.3, 0.4) is 0 Å². The summed E-state index contributed by atoms with van der Waals surface area (Å²) in [6.07, 6.45) is 0. The fourth-order valence-corrected chi connectivity index (χ4v) is 1.63. The summed E-state index contributed by atoms with van der Waals surface area (Å²) >= 11 is 0. The molecule has 1 heterocycles. The van der Waals surface area contributed by atoms with Crippen LogP contribution < -0.4 is 5.32 Å². The van der Waals surface area contributed by atoms with Gasteiger partial charge in [0.05, 0.1) is 12.5 Å². The molecule has 80 valence electrons. The third kappa shape index (κ3) is 2.99. The fraction of sp³-hybridized carbons (Fsp3) is 0.778. The van der Waals surface area contributed by atoms with Crippen LogP contribution in [0.1, 0.15) is 13.8 Å². The first-order valence-corrected chi connectivity index (χ1v) is 4.73. The van der Waals surface area contributed by atoms with Gasteiger partial charge in [-0.15, -0.1) is 0 Å². The number of amides is 1. The summed E-state index contributed by atoms with van der Waals surface area (Å²) in [5.41, 5.74) is 0. The molecule has 0 aromatic rings. The molecule has 1 aliphatic heterocycles. The SMILES string of the molecule is CC1CN(CC(C)C(=O)O)CC(=O)N1. The predicted octanol–water partition coefficient (Wildman–Crippen LogP) is -0.473. The lowest BCUT2D eigenvalue weighted by atomic mass is 10.1. The average molecular weight is 200 g/mol. The number of hydrogen-bond acceptors (Lipinski definition) is 3. The lowest BCUT2D eigenvalue weighted by Crippen LogP contribution is -2.54. The normalized spacial score (nSPS) is 25.6. The zero-order valence-corrected chi connectivity index (χ0v) is 8.49. The maximum atomic E-state index is 11.1. The first-order chi connectivity index (χ1) is 6.49. The first-order valence-electron chi connectivity index (χ1n) is 4.73. The fourth-order valence-electron chi connectivity index (χ4n) is 1.63. The highest BCUT2D eigenvalue weighted by atomic mass is 16.4. The minimum Gasteiger partial charge on any atom is -0.481 e. The van der Waals surface area contributed by atoms with Crippen molar-refractivity contribution in [3.8, 4) is 0 Å². The summed E-state index contributed by atoms with van der Waals surface area (Å²) in [6.45, 7) is 5.04. The van der Waals surface area contributed by atoms with Gasteiger partial charge in [0, 0.05) is 19.1 Å². The molecule has 0 radical (unpaired) electrons. The molecule has 0 aliphatic carbocycles. The van der Waals surface area contributed by atoms with E-state index in [1.165, 1.54) is 0 Å². The van der Waals surface area contributed by atoms with Gasteiger partial charge in [-0.1, -0.05) is 6.92 Å². The van der Waals surface area contributed by atoms with Crippen molar-refractivity contribution in [2.24, 2.45) is 5.92 Å². The zero-order valence-electron chi connectivity index (χ0n) is 8.49. The molecule has 5 nitrogen and oxygen atoms in total. The van der Waals surface area contributed by atoms with Gasteiger partial charge >= 0.3 is 5.97 Å². The van der Waals surface area contributed by atoms with E-state index >= 15 is 0 Å². The van der Waals surface area contributed by atoms with Gasteiger partial charge in [0.15, 0.2) is 0 Å². The largest absolute Gasteiger partial charge is 0.481 e. The number of carbonyl (C=O) groups is 2. The maximum absolute atomic E-state index is 11.1. The van der Waals surface area contributed by atoms with Crippen molar-refractivity contribution in [3.63, 3.8) is 0 Å². The first kappa shape index (κ1) is 11.0. The van der Waals surface area contributed by atoms with E-state index in [1.54, 1.807) is 6.92 Å². The quantitative estimate of drug-likeness (QED) is 0.646. The second-order valence-electron chi connectivity index (χ2n) is 3.90. The van der Waals surface area contributed by atoms with Crippen molar-refractivity contribution in [1.29, 1.82) is 0 Å². The Hall–Kier alpha value is -1.10. The van der Waals surface area contributed by atoms with Crippen molar-refractivity contribution in [2.75, 3.05) is 19.6 Å². The number of carboxylic acid groups (broad SMARTS) is 1. The molecule has 14 heavy (non-hydrogen) atoms. The van der Waals surface area contributed by atoms with Gasteiger partial charge in [-0.05, 0) is 6.92 Å². The number of rotatable bonds is 3. The molecule has 1 rings (SSSR count). The maximum Gasteiger partial charge on any atom is 0.307 e. The Balaban J connectivity index is 2.44. The Labute approximate surface area is 83.1 Å². The van der Waals surface area contributed by atoms with E-state index in [0.717, 1.165) is 6.54 Å². The number of piperazine rings is 1. The number of nitrogens with zero attached hydrogens (tertiary/aromatic N) is 1. The topological polar surface area (TPSA) is 69.6 Å². The molecule has 1 amide bonds. The summed E-state index contributed by atoms with van der Waals surface area (Å²) in [6, 6.07) is 0.109. The summed E-state index contributed by atoms with van der Waals surface area (Å²) in [5.74, 6) is -1.27. The third-order valence-electron chi connectivity index (χ3n) is 2.26. The lowest BCUT2D eigenvalue weighted by molar-refractivity contribution is -0.142. The molecule has 2 N–H and O–H groups in total. The average Bonchev–Trinajstić information content (AvgIpc) is 2.01. The van der Waals surface area contributed by atoms with E-state index in [-0.39, 0.29) is 11.9 Å². The standard InChI is InChI=1S/C9H16N2O3/c1-6(9(13)14)3-11-4-7(2)10-8(12)5-11/h6-7H,3-5H2,1-2H3,(H,10,12)(H,13,14). The van der Waals surface area contributed by atoms with E-state index in [4.69, 9.17) is 5.11 Å². The van der Waals surface area contributed by atoms with Crippen molar-refractivity contribution < 1.29 is 14.7 Å². The van der Waals surface area contributed by atoms with Crippen LogP contribution in [0.25, 0.3) is 0 Å². The number of aliphatic carboxylic acids is 1. The highest BCUT2D eigenvalue weighted by molar-refractivity contribution is 5.79. The van der Waals surface area contributed by atoms with E-state index in [2.05, 4.69) is 5.32 Å². The molecule has 2 atom stereocenters. The van der Waals surface area contributed by atoms with Crippen LogP contribution in [-0.4, -0.2) is 47.6 Å². The van der Waals surface area contributed by atoms with Gasteiger partial charge in [-0.25, -0.2) is 0 Å². The van der Waals surface area contributed by atoms with E-state index in [1.807, 2.05) is 11.8 Å². The Bertz CT molecular complexity index is 242. The minimum atomic E-state index is -0.816. The lowest BCUT2D eigenvalue weighted by Gasteiger charge is -2.31. The molecule has 1 fully saturated rings. The van der Waals surface area contributed by atoms with Gasteiger partial charge in [0.1, 0.15) is 0 Å². The van der Waals surface area contributed by atoms with Gasteiger partial charge in [-0.3, -0.25) is 14.5 Å². The van der Waals surface area contributed by atoms with Crippen molar-refractivity contribution in [2.45, 2.75) is 19.9 Å². The molecule has 2 unspecified atom stereocenters. The minimum absolute atomic E-state index is 0.0265. The van der Waals surface area contributed by atoms with E-state index in [0.29, 0.717) is 13.1 Å². The van der Waals surface area contributed by atoms with Crippen LogP contribution in [0.2, 0.25) is 0 Å². The molecule has 0 saturated carbocycles. The molecule has 1 aliphatic rings. The van der Waals surface area contributed by atoms with Crippen LogP contribution >= 0.6 is 0 Å². The van der Waals surface area contributed by atoms with Gasteiger partial charge in [0.2, 0.25) is 5.91 Å². The van der Waals surface area contributed by atoms with Crippen molar-refractivity contribution >= 4 is 11.9 Å². The van der Waals surface area contributed by atoms with Gasteiger partial charge in [-0.2, -0.15) is 0 Å². The molecule has 0 bridgehead atoms. The zero-order chi connectivity index (χ0) is 10.7. The number of carbonyl (C=O) groups excluding carboxylic acids is 1. The number of nitrogens with one attached hydrogen (secondary N) is 1. The number of carboxylic acids is 1. The van der Waals surface area contributed by atoms with Crippen LogP contribution in [0.15, 0.2) is 0 Å².